The van der Waals surface area contributed by atoms with Gasteiger partial charge in [-0.15, -0.1) is 0 Å². The number of nitrogens with one attached hydrogen (secondary N) is 1. The van der Waals surface area contributed by atoms with Crippen LogP contribution in [0.1, 0.15) is 5.69 Å². The van der Waals surface area contributed by atoms with Crippen molar-refractivity contribution in [3.8, 4) is 11.1 Å². The van der Waals surface area contributed by atoms with Crippen LogP contribution in [0.5, 0.6) is 0 Å². The molecule has 0 bridgehead atoms. The molecule has 1 N–H and O–H groups in total. The number of aromatic nitrogens is 2. The quantitative estimate of drug-likeness (QED) is 0.568. The second-order valence-electron chi connectivity index (χ2n) is 6.53. The van der Waals surface area contributed by atoms with E-state index >= 15 is 0 Å². The predicted octanol–water partition coefficient (Wildman–Crippen LogP) is 4.70. The van der Waals surface area contributed by atoms with Gasteiger partial charge in [0, 0.05) is 46.4 Å². The molecule has 0 radical (unpaired) electrons. The topological polar surface area (TPSA) is 47.0 Å². The fourth-order valence-electron chi connectivity index (χ4n) is 3.55. The van der Waals surface area contributed by atoms with Crippen LogP contribution >= 0.6 is 0 Å². The largest absolute Gasteiger partial charge is 0.373 e. The molecule has 0 amide bonds. The predicted molar refractivity (Wildman–Crippen MR) is 102 cm³/mol. The van der Waals surface area contributed by atoms with Gasteiger partial charge in [-0.1, -0.05) is 36.4 Å². The Kier molecular flexibility index (Phi) is 4.08. The molecule has 27 heavy (non-hydrogen) atoms. The maximum absolute atomic E-state index is 13.8. The molecule has 2 aromatic heterocycles. The zero-order valence-corrected chi connectivity index (χ0v) is 14.9. The normalized spacial score (nSPS) is 12.1. The highest BCUT2D eigenvalue weighted by Crippen LogP contribution is 2.35. The lowest BCUT2D eigenvalue weighted by Crippen LogP contribution is -2.32. The molecule has 0 saturated carbocycles. The number of benzene rings is 2. The summed E-state index contributed by atoms with van der Waals surface area (Å²) in [4.78, 5) is 16.1. The van der Waals surface area contributed by atoms with Crippen LogP contribution in [0.2, 0.25) is 0 Å². The van der Waals surface area contributed by atoms with Gasteiger partial charge in [-0.25, -0.2) is 0 Å². The lowest BCUT2D eigenvalue weighted by atomic mass is 9.98. The van der Waals surface area contributed by atoms with Crippen LogP contribution in [0.15, 0.2) is 59.5 Å². The summed E-state index contributed by atoms with van der Waals surface area (Å²) in [5, 5.41) is 2.10. The van der Waals surface area contributed by atoms with E-state index in [1.165, 1.54) is 6.20 Å². The summed E-state index contributed by atoms with van der Waals surface area (Å²) in [6, 6.07) is 14.9. The van der Waals surface area contributed by atoms with Crippen molar-refractivity contribution in [1.29, 1.82) is 0 Å². The minimum absolute atomic E-state index is 0.395. The van der Waals surface area contributed by atoms with Crippen LogP contribution in [0.4, 0.5) is 8.78 Å². The first kappa shape index (κ1) is 17.4. The van der Waals surface area contributed by atoms with Gasteiger partial charge in [0.05, 0.1) is 0 Å². The Morgan fingerprint density at radius 3 is 2.37 bits per heavy atom. The average Bonchev–Trinajstić information content (AvgIpc) is 3.00. The first-order valence-corrected chi connectivity index (χ1v) is 8.54. The molecule has 2 aromatic carbocycles. The van der Waals surface area contributed by atoms with Gasteiger partial charge in [-0.05, 0) is 24.4 Å². The van der Waals surface area contributed by atoms with E-state index in [1.54, 1.807) is 12.1 Å². The molecule has 0 unspecified atom stereocenters. The summed E-state index contributed by atoms with van der Waals surface area (Å²) in [5.74, 6) is 0. The highest BCUT2D eigenvalue weighted by molar-refractivity contribution is 6.05. The summed E-state index contributed by atoms with van der Waals surface area (Å²) in [7, 11) is 0.927. The van der Waals surface area contributed by atoms with E-state index in [2.05, 4.69) is 9.72 Å². The molecule has 4 aromatic rings. The van der Waals surface area contributed by atoms with Gasteiger partial charge in [0.2, 0.25) is 0 Å². The van der Waals surface area contributed by atoms with Crippen molar-refractivity contribution in [2.75, 3.05) is 7.11 Å². The van der Waals surface area contributed by atoms with Gasteiger partial charge in [0.15, 0.2) is 0 Å². The van der Waals surface area contributed by atoms with Gasteiger partial charge in [-0.2, -0.15) is 8.78 Å². The lowest BCUT2D eigenvalue weighted by molar-refractivity contribution is -0.230. The van der Waals surface area contributed by atoms with E-state index in [1.807, 2.05) is 43.3 Å². The fourth-order valence-corrected chi connectivity index (χ4v) is 3.55. The van der Waals surface area contributed by atoms with E-state index in [-0.39, 0.29) is 0 Å². The molecule has 0 atom stereocenters. The standard InChI is InChI=1S/C21H18F2N2O2/c1-13-19(16-9-5-6-10-18(16)24-13)17-11-25(12-21(22,23)27-2)20(26)15-8-4-3-7-14(15)17/h3-11,24H,12H2,1-2H3. The Labute approximate surface area is 154 Å². The zero-order valence-electron chi connectivity index (χ0n) is 14.9. The summed E-state index contributed by atoms with van der Waals surface area (Å²) in [6.45, 7) is 1.09. The van der Waals surface area contributed by atoms with E-state index in [4.69, 9.17) is 0 Å². The molecular formula is C21H18F2N2O2. The highest BCUT2D eigenvalue weighted by Gasteiger charge is 2.30. The maximum atomic E-state index is 13.8. The molecular weight excluding hydrogens is 350 g/mol. The van der Waals surface area contributed by atoms with Gasteiger partial charge < -0.3 is 14.3 Å². The average molecular weight is 368 g/mol. The summed E-state index contributed by atoms with van der Waals surface area (Å²) >= 11 is 0. The van der Waals surface area contributed by atoms with Crippen molar-refractivity contribution in [1.82, 2.24) is 9.55 Å². The van der Waals surface area contributed by atoms with Crippen LogP contribution in [-0.2, 0) is 11.3 Å². The van der Waals surface area contributed by atoms with E-state index in [9.17, 15) is 13.6 Å². The Balaban J connectivity index is 2.07. The van der Waals surface area contributed by atoms with E-state index < -0.39 is 18.2 Å². The number of aromatic amines is 1. The summed E-state index contributed by atoms with van der Waals surface area (Å²) < 4.78 is 32.9. The van der Waals surface area contributed by atoms with Crippen molar-refractivity contribution in [2.24, 2.45) is 0 Å². The third-order valence-electron chi connectivity index (χ3n) is 4.81. The zero-order chi connectivity index (χ0) is 19.2. The number of rotatable bonds is 4. The second kappa shape index (κ2) is 6.32. The fraction of sp³-hybridized carbons (Fsp3) is 0.190. The Morgan fingerprint density at radius 2 is 1.67 bits per heavy atom. The SMILES string of the molecule is COC(F)(F)Cn1cc(-c2c(C)[nH]c3ccccc23)c2ccccc2c1=O. The number of pyridine rings is 1. The van der Waals surface area contributed by atoms with Gasteiger partial charge in [0.1, 0.15) is 6.54 Å². The summed E-state index contributed by atoms with van der Waals surface area (Å²) in [6.07, 6.45) is -1.93. The minimum Gasteiger partial charge on any atom is -0.358 e. The monoisotopic (exact) mass is 368 g/mol. The van der Waals surface area contributed by atoms with Crippen molar-refractivity contribution in [3.05, 3.63) is 70.8 Å². The molecule has 4 rings (SSSR count). The number of hydrogen-bond donors (Lipinski definition) is 1. The molecule has 2 heterocycles. The molecule has 138 valence electrons. The molecule has 0 aliphatic carbocycles. The number of methoxy groups -OCH3 is 1. The Bertz CT molecular complexity index is 1210. The number of fused-ring (bicyclic) bond motifs is 2. The summed E-state index contributed by atoms with van der Waals surface area (Å²) in [5.41, 5.74) is 3.02. The van der Waals surface area contributed by atoms with Gasteiger partial charge >= 0.3 is 6.11 Å². The number of H-pyrrole nitrogens is 1. The number of aryl methyl sites for hydroxylation is 1. The molecule has 4 nitrogen and oxygen atoms in total. The van der Waals surface area contributed by atoms with Crippen LogP contribution in [-0.4, -0.2) is 22.8 Å². The lowest BCUT2D eigenvalue weighted by Gasteiger charge is -2.18. The molecule has 0 aliphatic rings. The minimum atomic E-state index is -3.43. The third kappa shape index (κ3) is 2.92. The number of hydrogen-bond acceptors (Lipinski definition) is 2. The molecule has 0 spiro atoms. The molecule has 6 heteroatoms. The highest BCUT2D eigenvalue weighted by atomic mass is 19.3. The first-order chi connectivity index (χ1) is 12.9. The molecule has 0 saturated heterocycles. The van der Waals surface area contributed by atoms with Crippen LogP contribution in [0.3, 0.4) is 0 Å². The number of alkyl halides is 2. The molecule has 0 aliphatic heterocycles. The number of halogens is 2. The van der Waals surface area contributed by atoms with Gasteiger partial charge in [0.25, 0.3) is 5.56 Å². The second-order valence-corrected chi connectivity index (χ2v) is 6.53. The maximum Gasteiger partial charge on any atom is 0.373 e. The number of para-hydroxylation sites is 1. The molecule has 0 fully saturated rings. The van der Waals surface area contributed by atoms with Crippen molar-refractivity contribution in [3.63, 3.8) is 0 Å². The van der Waals surface area contributed by atoms with E-state index in [0.717, 1.165) is 44.8 Å². The first-order valence-electron chi connectivity index (χ1n) is 8.54. The Hall–Kier alpha value is -2.99. The van der Waals surface area contributed by atoms with Crippen molar-refractivity contribution < 1.29 is 13.5 Å². The van der Waals surface area contributed by atoms with Gasteiger partial charge in [-0.3, -0.25) is 4.79 Å². The third-order valence-corrected chi connectivity index (χ3v) is 4.81. The van der Waals surface area contributed by atoms with Crippen LogP contribution in [0.25, 0.3) is 32.8 Å². The Morgan fingerprint density at radius 1 is 1.04 bits per heavy atom. The van der Waals surface area contributed by atoms with Crippen molar-refractivity contribution in [2.45, 2.75) is 19.6 Å². The smallest absolute Gasteiger partial charge is 0.358 e. The van der Waals surface area contributed by atoms with Crippen LogP contribution < -0.4 is 5.56 Å². The van der Waals surface area contributed by atoms with Crippen molar-refractivity contribution >= 4 is 21.7 Å². The number of ether oxygens (including phenoxy) is 1. The van der Waals surface area contributed by atoms with E-state index in [0.29, 0.717) is 5.39 Å². The van der Waals surface area contributed by atoms with Crippen LogP contribution in [0, 0.1) is 6.92 Å². The number of nitrogens with zero attached hydrogens (tertiary/aromatic N) is 1.